The molecule has 0 saturated carbocycles. The third-order valence-corrected chi connectivity index (χ3v) is 4.61. The summed E-state index contributed by atoms with van der Waals surface area (Å²) in [6.07, 6.45) is 0. The number of aryl methyl sites for hydroxylation is 1. The Hall–Kier alpha value is -1.45. The number of halogens is 1. The zero-order valence-corrected chi connectivity index (χ0v) is 10.6. The number of rotatable bonds is 3. The highest BCUT2D eigenvalue weighted by Crippen LogP contribution is 2.20. The molecule has 1 aromatic rings. The van der Waals surface area contributed by atoms with Crippen LogP contribution in [-0.2, 0) is 10.0 Å². The van der Waals surface area contributed by atoms with E-state index in [1.165, 1.54) is 27.0 Å². The van der Waals surface area contributed by atoms with Crippen molar-refractivity contribution in [2.24, 2.45) is 0 Å². The largest absolute Gasteiger partial charge is 0.244 e. The first-order valence-electron chi connectivity index (χ1n) is 4.94. The fraction of sp³-hybridized carbons (Fsp3) is 0.364. The number of hydrogen-bond acceptors (Lipinski definition) is 3. The molecule has 0 aliphatic carbocycles. The van der Waals surface area contributed by atoms with Gasteiger partial charge in [-0.15, -0.1) is 0 Å². The van der Waals surface area contributed by atoms with E-state index in [1.807, 2.05) is 6.07 Å². The van der Waals surface area contributed by atoms with Crippen LogP contribution < -0.4 is 0 Å². The Morgan fingerprint density at radius 2 is 2.06 bits per heavy atom. The van der Waals surface area contributed by atoms with E-state index in [-0.39, 0.29) is 4.90 Å². The average molecular weight is 256 g/mol. The van der Waals surface area contributed by atoms with Crippen molar-refractivity contribution in [1.82, 2.24) is 4.31 Å². The molecule has 4 nitrogen and oxygen atoms in total. The van der Waals surface area contributed by atoms with Gasteiger partial charge in [-0.3, -0.25) is 0 Å². The molecular formula is C11H13FN2O2S. The van der Waals surface area contributed by atoms with Crippen molar-refractivity contribution in [3.63, 3.8) is 0 Å². The molecule has 1 aromatic carbocycles. The minimum absolute atomic E-state index is 0.0171. The van der Waals surface area contributed by atoms with E-state index < -0.39 is 21.9 Å². The maximum atomic E-state index is 12.9. The van der Waals surface area contributed by atoms with E-state index in [9.17, 15) is 12.8 Å². The molecule has 6 heteroatoms. The minimum atomic E-state index is -3.75. The molecule has 0 heterocycles. The second-order valence-corrected chi connectivity index (χ2v) is 5.70. The Kier molecular flexibility index (Phi) is 3.86. The summed E-state index contributed by atoms with van der Waals surface area (Å²) in [6, 6.07) is 4.52. The van der Waals surface area contributed by atoms with Gasteiger partial charge < -0.3 is 0 Å². The van der Waals surface area contributed by atoms with Gasteiger partial charge in [0.05, 0.1) is 11.0 Å². The molecule has 0 N–H and O–H groups in total. The van der Waals surface area contributed by atoms with E-state index in [0.717, 1.165) is 16.4 Å². The molecule has 0 saturated heterocycles. The fourth-order valence-electron chi connectivity index (χ4n) is 1.35. The van der Waals surface area contributed by atoms with Crippen LogP contribution >= 0.6 is 0 Å². The van der Waals surface area contributed by atoms with Gasteiger partial charge in [-0.2, -0.15) is 9.57 Å². The summed E-state index contributed by atoms with van der Waals surface area (Å²) in [4.78, 5) is 0.0171. The fourth-order valence-corrected chi connectivity index (χ4v) is 2.83. The SMILES string of the molecule is Cc1cc(F)ccc1S(=O)(=O)N(C)C(C)C#N. The predicted molar refractivity (Wildman–Crippen MR) is 61.2 cm³/mol. The standard InChI is InChI=1S/C11H13FN2O2S/c1-8-6-10(12)4-5-11(8)17(15,16)14(3)9(2)7-13/h4-6,9H,1-3H3. The zero-order chi connectivity index (χ0) is 13.2. The van der Waals surface area contributed by atoms with Gasteiger partial charge in [0.2, 0.25) is 10.0 Å². The molecule has 17 heavy (non-hydrogen) atoms. The molecule has 1 rings (SSSR count). The lowest BCUT2D eigenvalue weighted by molar-refractivity contribution is 0.441. The van der Waals surface area contributed by atoms with Crippen molar-refractivity contribution in [2.45, 2.75) is 24.8 Å². The van der Waals surface area contributed by atoms with E-state index in [1.54, 1.807) is 0 Å². The van der Waals surface area contributed by atoms with Gasteiger partial charge in [-0.25, -0.2) is 12.8 Å². The molecule has 0 aliphatic heterocycles. The first-order valence-corrected chi connectivity index (χ1v) is 6.38. The lowest BCUT2D eigenvalue weighted by atomic mass is 10.2. The third-order valence-electron chi connectivity index (χ3n) is 2.53. The van der Waals surface area contributed by atoms with Crippen molar-refractivity contribution in [3.05, 3.63) is 29.6 Å². The van der Waals surface area contributed by atoms with Crippen LogP contribution in [-0.4, -0.2) is 25.8 Å². The van der Waals surface area contributed by atoms with E-state index in [2.05, 4.69) is 0 Å². The highest BCUT2D eigenvalue weighted by Gasteiger charge is 2.26. The van der Waals surface area contributed by atoms with Gasteiger partial charge >= 0.3 is 0 Å². The molecule has 0 aromatic heterocycles. The molecule has 0 amide bonds. The quantitative estimate of drug-likeness (QED) is 0.826. The third kappa shape index (κ3) is 2.62. The van der Waals surface area contributed by atoms with E-state index >= 15 is 0 Å². The van der Waals surface area contributed by atoms with Crippen molar-refractivity contribution >= 4 is 10.0 Å². The van der Waals surface area contributed by atoms with E-state index in [4.69, 9.17) is 5.26 Å². The van der Waals surface area contributed by atoms with Crippen LogP contribution in [0, 0.1) is 24.1 Å². The zero-order valence-electron chi connectivity index (χ0n) is 9.81. The average Bonchev–Trinajstić information content (AvgIpc) is 2.26. The predicted octanol–water partition coefficient (Wildman–Crippen LogP) is 1.67. The summed E-state index contributed by atoms with van der Waals surface area (Å²) in [6.45, 7) is 3.00. The van der Waals surface area contributed by atoms with Gasteiger partial charge in [0.15, 0.2) is 0 Å². The molecule has 1 atom stereocenters. The molecular weight excluding hydrogens is 243 g/mol. The summed E-state index contributed by atoms with van der Waals surface area (Å²) in [5, 5.41) is 8.71. The van der Waals surface area contributed by atoms with Crippen molar-refractivity contribution in [1.29, 1.82) is 5.26 Å². The number of sulfonamides is 1. The second kappa shape index (κ2) is 4.82. The number of hydrogen-bond donors (Lipinski definition) is 0. The number of nitrogens with zero attached hydrogens (tertiary/aromatic N) is 2. The van der Waals surface area contributed by atoms with Crippen LogP contribution in [0.1, 0.15) is 12.5 Å². The Balaban J connectivity index is 3.28. The molecule has 0 radical (unpaired) electrons. The monoisotopic (exact) mass is 256 g/mol. The summed E-state index contributed by atoms with van der Waals surface area (Å²) >= 11 is 0. The molecule has 0 fully saturated rings. The molecule has 0 aliphatic rings. The van der Waals surface area contributed by atoms with Crippen molar-refractivity contribution in [2.75, 3.05) is 7.05 Å². The lowest BCUT2D eigenvalue weighted by Gasteiger charge is -2.20. The normalized spacial score (nSPS) is 13.4. The van der Waals surface area contributed by atoms with Crippen LogP contribution in [0.15, 0.2) is 23.1 Å². The number of benzene rings is 1. The second-order valence-electron chi connectivity index (χ2n) is 3.74. The topological polar surface area (TPSA) is 61.2 Å². The Morgan fingerprint density at radius 1 is 1.47 bits per heavy atom. The first kappa shape index (κ1) is 13.6. The Labute approximate surface area is 100 Å². The van der Waals surface area contributed by atoms with Crippen molar-refractivity contribution in [3.8, 4) is 6.07 Å². The lowest BCUT2D eigenvalue weighted by Crippen LogP contribution is -2.34. The molecule has 0 spiro atoms. The van der Waals surface area contributed by atoms with Gasteiger partial charge in [0, 0.05) is 7.05 Å². The maximum Gasteiger partial charge on any atom is 0.244 e. The van der Waals surface area contributed by atoms with Gasteiger partial charge in [-0.05, 0) is 37.6 Å². The van der Waals surface area contributed by atoms with Crippen LogP contribution in [0.5, 0.6) is 0 Å². The van der Waals surface area contributed by atoms with Crippen LogP contribution in [0.3, 0.4) is 0 Å². The maximum absolute atomic E-state index is 12.9. The van der Waals surface area contributed by atoms with Crippen molar-refractivity contribution < 1.29 is 12.8 Å². The highest BCUT2D eigenvalue weighted by molar-refractivity contribution is 7.89. The van der Waals surface area contributed by atoms with Crippen LogP contribution in [0.2, 0.25) is 0 Å². The van der Waals surface area contributed by atoms with Crippen LogP contribution in [0.4, 0.5) is 4.39 Å². The Bertz CT molecular complexity index is 563. The summed E-state index contributed by atoms with van der Waals surface area (Å²) < 4.78 is 38.1. The van der Waals surface area contributed by atoms with Crippen LogP contribution in [0.25, 0.3) is 0 Å². The van der Waals surface area contributed by atoms with E-state index in [0.29, 0.717) is 5.56 Å². The van der Waals surface area contributed by atoms with Gasteiger partial charge in [-0.1, -0.05) is 0 Å². The highest BCUT2D eigenvalue weighted by atomic mass is 32.2. The first-order chi connectivity index (χ1) is 7.80. The Morgan fingerprint density at radius 3 is 2.53 bits per heavy atom. The smallest absolute Gasteiger partial charge is 0.207 e. The van der Waals surface area contributed by atoms with Gasteiger partial charge in [0.1, 0.15) is 11.9 Å². The summed E-state index contributed by atoms with van der Waals surface area (Å²) in [5.74, 6) is -0.488. The number of nitriles is 1. The van der Waals surface area contributed by atoms with Gasteiger partial charge in [0.25, 0.3) is 0 Å². The molecule has 1 unspecified atom stereocenters. The molecule has 0 bridgehead atoms. The summed E-state index contributed by atoms with van der Waals surface area (Å²) in [5.41, 5.74) is 0.321. The molecule has 92 valence electrons. The minimum Gasteiger partial charge on any atom is -0.207 e. The summed E-state index contributed by atoms with van der Waals surface area (Å²) in [7, 11) is -2.43.